The Morgan fingerprint density at radius 1 is 1.29 bits per heavy atom. The van der Waals surface area contributed by atoms with Gasteiger partial charge in [0.15, 0.2) is 0 Å². The average molecular weight is 328 g/mol. The van der Waals surface area contributed by atoms with Crippen molar-refractivity contribution in [2.75, 3.05) is 31.6 Å². The first kappa shape index (κ1) is 18.4. The summed E-state index contributed by atoms with van der Waals surface area (Å²) in [5.74, 6) is 2.97. The molecule has 0 saturated carbocycles. The van der Waals surface area contributed by atoms with Gasteiger partial charge in [-0.1, -0.05) is 38.8 Å². The number of rotatable bonds is 4. The maximum atomic E-state index is 12.4. The number of ether oxygens (including phenoxy) is 1. The molecule has 4 heteroatoms. The van der Waals surface area contributed by atoms with Gasteiger partial charge in [-0.3, -0.25) is 0 Å². The summed E-state index contributed by atoms with van der Waals surface area (Å²) in [5.41, 5.74) is 2.21. The van der Waals surface area contributed by atoms with E-state index in [9.17, 15) is 4.79 Å². The van der Waals surface area contributed by atoms with E-state index in [-0.39, 0.29) is 11.4 Å². The van der Waals surface area contributed by atoms with Crippen LogP contribution in [0.2, 0.25) is 0 Å². The summed E-state index contributed by atoms with van der Waals surface area (Å²) in [7, 11) is 0. The van der Waals surface area contributed by atoms with Crippen LogP contribution in [0.25, 0.3) is 0 Å². The van der Waals surface area contributed by atoms with Crippen LogP contribution in [0, 0.1) is 18.3 Å². The SMILES string of the molecule is C#CCOCC1CCN(C(=O)Nc2ccc(C(C)(C)C)cc2)CC1. The standard InChI is InChI=1S/C20H28N2O2/c1-5-14-24-15-16-10-12-22(13-11-16)19(23)21-18-8-6-17(7-9-18)20(2,3)4/h1,6-9,16H,10-15H2,2-4H3,(H,21,23). The zero-order chi connectivity index (χ0) is 17.6. The van der Waals surface area contributed by atoms with Gasteiger partial charge >= 0.3 is 6.03 Å². The molecule has 1 saturated heterocycles. The Morgan fingerprint density at radius 3 is 2.46 bits per heavy atom. The smallest absolute Gasteiger partial charge is 0.321 e. The highest BCUT2D eigenvalue weighted by Gasteiger charge is 2.23. The fourth-order valence-electron chi connectivity index (χ4n) is 2.84. The lowest BCUT2D eigenvalue weighted by molar-refractivity contribution is 0.0932. The third-order valence-corrected chi connectivity index (χ3v) is 4.44. The molecule has 0 bridgehead atoms. The minimum absolute atomic E-state index is 0.0264. The van der Waals surface area contributed by atoms with Gasteiger partial charge in [-0.05, 0) is 41.9 Å². The minimum Gasteiger partial charge on any atom is -0.369 e. The Kier molecular flexibility index (Phi) is 6.28. The van der Waals surface area contributed by atoms with E-state index >= 15 is 0 Å². The van der Waals surface area contributed by atoms with Crippen LogP contribution in [-0.4, -0.2) is 37.2 Å². The molecule has 1 fully saturated rings. The number of hydrogen-bond donors (Lipinski definition) is 1. The quantitative estimate of drug-likeness (QED) is 0.673. The van der Waals surface area contributed by atoms with Crippen molar-refractivity contribution in [1.82, 2.24) is 4.90 Å². The van der Waals surface area contributed by atoms with Gasteiger partial charge in [-0.15, -0.1) is 6.42 Å². The van der Waals surface area contributed by atoms with E-state index in [4.69, 9.17) is 11.2 Å². The van der Waals surface area contributed by atoms with Crippen LogP contribution in [0.3, 0.4) is 0 Å². The molecule has 1 aliphatic rings. The number of piperidine rings is 1. The lowest BCUT2D eigenvalue weighted by Gasteiger charge is -2.31. The van der Waals surface area contributed by atoms with Crippen molar-refractivity contribution in [3.05, 3.63) is 29.8 Å². The zero-order valence-electron chi connectivity index (χ0n) is 15.0. The summed E-state index contributed by atoms with van der Waals surface area (Å²) in [5, 5.41) is 2.99. The first-order valence-corrected chi connectivity index (χ1v) is 8.58. The van der Waals surface area contributed by atoms with Crippen molar-refractivity contribution in [3.8, 4) is 12.3 Å². The second-order valence-electron chi connectivity index (χ2n) is 7.41. The fourth-order valence-corrected chi connectivity index (χ4v) is 2.84. The van der Waals surface area contributed by atoms with Crippen molar-refractivity contribution in [2.45, 2.75) is 39.0 Å². The number of carbonyl (C=O) groups is 1. The van der Waals surface area contributed by atoms with Crippen molar-refractivity contribution >= 4 is 11.7 Å². The van der Waals surface area contributed by atoms with Gasteiger partial charge in [-0.25, -0.2) is 4.79 Å². The van der Waals surface area contributed by atoms with Gasteiger partial charge in [0.2, 0.25) is 0 Å². The number of benzene rings is 1. The molecule has 130 valence electrons. The van der Waals surface area contributed by atoms with Gasteiger partial charge in [0.25, 0.3) is 0 Å². The normalized spacial score (nSPS) is 15.8. The molecule has 2 rings (SSSR count). The molecule has 1 heterocycles. The molecule has 0 aliphatic carbocycles. The molecular formula is C20H28N2O2. The van der Waals surface area contributed by atoms with Crippen molar-refractivity contribution < 1.29 is 9.53 Å². The van der Waals surface area contributed by atoms with E-state index in [0.717, 1.165) is 31.6 Å². The molecule has 24 heavy (non-hydrogen) atoms. The number of hydrogen-bond acceptors (Lipinski definition) is 2. The first-order valence-electron chi connectivity index (χ1n) is 8.58. The summed E-state index contributed by atoms with van der Waals surface area (Å²) in [4.78, 5) is 14.2. The largest absolute Gasteiger partial charge is 0.369 e. The number of nitrogens with zero attached hydrogens (tertiary/aromatic N) is 1. The zero-order valence-corrected chi connectivity index (χ0v) is 15.0. The molecule has 1 N–H and O–H groups in total. The van der Waals surface area contributed by atoms with E-state index < -0.39 is 0 Å². The number of terminal acetylenes is 1. The maximum absolute atomic E-state index is 12.4. The molecule has 0 aromatic heterocycles. The summed E-state index contributed by atoms with van der Waals surface area (Å²) < 4.78 is 5.40. The summed E-state index contributed by atoms with van der Waals surface area (Å²) in [6.45, 7) is 9.11. The van der Waals surface area contributed by atoms with Crippen LogP contribution in [0.5, 0.6) is 0 Å². The minimum atomic E-state index is -0.0264. The van der Waals surface area contributed by atoms with Crippen LogP contribution in [0.1, 0.15) is 39.2 Å². The van der Waals surface area contributed by atoms with Gasteiger partial charge in [0.05, 0.1) is 6.61 Å². The summed E-state index contributed by atoms with van der Waals surface area (Å²) in [6, 6.07) is 8.06. The van der Waals surface area contributed by atoms with Crippen LogP contribution < -0.4 is 5.32 Å². The van der Waals surface area contributed by atoms with E-state index in [1.807, 2.05) is 17.0 Å². The van der Waals surface area contributed by atoms with E-state index in [0.29, 0.717) is 19.1 Å². The molecule has 1 aromatic rings. The summed E-state index contributed by atoms with van der Waals surface area (Å²) in [6.07, 6.45) is 7.09. The third-order valence-electron chi connectivity index (χ3n) is 4.44. The van der Waals surface area contributed by atoms with E-state index in [2.05, 4.69) is 44.1 Å². The number of nitrogens with one attached hydrogen (secondary N) is 1. The van der Waals surface area contributed by atoms with Crippen molar-refractivity contribution in [2.24, 2.45) is 5.92 Å². The van der Waals surface area contributed by atoms with Gasteiger partial charge in [0, 0.05) is 18.8 Å². The topological polar surface area (TPSA) is 41.6 Å². The maximum Gasteiger partial charge on any atom is 0.321 e. The molecule has 1 aliphatic heterocycles. The molecule has 0 spiro atoms. The highest BCUT2D eigenvalue weighted by atomic mass is 16.5. The predicted molar refractivity (Wildman–Crippen MR) is 98.1 cm³/mol. The van der Waals surface area contributed by atoms with Crippen molar-refractivity contribution in [3.63, 3.8) is 0 Å². The van der Waals surface area contributed by atoms with Crippen LogP contribution in [-0.2, 0) is 10.2 Å². The molecule has 0 atom stereocenters. The number of amides is 2. The van der Waals surface area contributed by atoms with Crippen LogP contribution in [0.15, 0.2) is 24.3 Å². The summed E-state index contributed by atoms with van der Waals surface area (Å²) >= 11 is 0. The Morgan fingerprint density at radius 2 is 1.92 bits per heavy atom. The third kappa shape index (κ3) is 5.28. The van der Waals surface area contributed by atoms with Crippen LogP contribution in [0.4, 0.5) is 10.5 Å². The number of carbonyl (C=O) groups excluding carboxylic acids is 1. The molecule has 1 aromatic carbocycles. The van der Waals surface area contributed by atoms with Gasteiger partial charge < -0.3 is 15.0 Å². The Bertz CT molecular complexity index is 573. The Hall–Kier alpha value is -1.99. The Labute approximate surface area is 145 Å². The monoisotopic (exact) mass is 328 g/mol. The number of anilines is 1. The van der Waals surface area contributed by atoms with Gasteiger partial charge in [0.1, 0.15) is 6.61 Å². The molecule has 2 amide bonds. The van der Waals surface area contributed by atoms with Crippen molar-refractivity contribution in [1.29, 1.82) is 0 Å². The average Bonchev–Trinajstić information content (AvgIpc) is 2.55. The van der Waals surface area contributed by atoms with E-state index in [1.165, 1.54) is 5.56 Å². The number of urea groups is 1. The second-order valence-corrected chi connectivity index (χ2v) is 7.41. The first-order chi connectivity index (χ1) is 11.4. The number of likely N-dealkylation sites (tertiary alicyclic amines) is 1. The highest BCUT2D eigenvalue weighted by Crippen LogP contribution is 2.24. The predicted octanol–water partition coefficient (Wildman–Crippen LogP) is 3.88. The molecule has 0 radical (unpaired) electrons. The Balaban J connectivity index is 1.80. The van der Waals surface area contributed by atoms with E-state index in [1.54, 1.807) is 0 Å². The molecule has 4 nitrogen and oxygen atoms in total. The molecular weight excluding hydrogens is 300 g/mol. The van der Waals surface area contributed by atoms with Gasteiger partial charge in [-0.2, -0.15) is 0 Å². The lowest BCUT2D eigenvalue weighted by Crippen LogP contribution is -2.41. The molecule has 0 unspecified atom stereocenters. The second kappa shape index (κ2) is 8.21. The fraction of sp³-hybridized carbons (Fsp3) is 0.550. The highest BCUT2D eigenvalue weighted by molar-refractivity contribution is 5.89. The lowest BCUT2D eigenvalue weighted by atomic mass is 9.87. The van der Waals surface area contributed by atoms with Crippen LogP contribution >= 0.6 is 0 Å².